The molecule has 1 unspecified atom stereocenters. The van der Waals surface area contributed by atoms with Crippen molar-refractivity contribution in [3.05, 3.63) is 57.0 Å². The molecule has 0 spiro atoms. The molecule has 0 aliphatic heterocycles. The summed E-state index contributed by atoms with van der Waals surface area (Å²) >= 11 is 3.02. The highest BCUT2D eigenvalue weighted by Gasteiger charge is 2.21. The Kier molecular flexibility index (Phi) is 7.23. The fourth-order valence-electron chi connectivity index (χ4n) is 3.50. The highest BCUT2D eigenvalue weighted by atomic mass is 32.2. The molecule has 4 rings (SSSR count). The standard InChI is InChI=1S/C22H25N5O3S2/c1-15(19(28)23-11-10-16-7-5-14-31-16)32-22-25-24-21-26(12-6-13-30-2)20(29)17-8-3-4-9-18(17)27(21)22/h3-5,7-9,14-15H,6,10-13H2,1-2H3,(H,23,28). The van der Waals surface area contributed by atoms with Gasteiger partial charge in [-0.25, -0.2) is 0 Å². The van der Waals surface area contributed by atoms with Crippen LogP contribution in [0.25, 0.3) is 16.7 Å². The number of methoxy groups -OCH3 is 1. The van der Waals surface area contributed by atoms with Gasteiger partial charge in [0.1, 0.15) is 0 Å². The van der Waals surface area contributed by atoms with E-state index < -0.39 is 0 Å². The summed E-state index contributed by atoms with van der Waals surface area (Å²) in [4.78, 5) is 26.9. The summed E-state index contributed by atoms with van der Waals surface area (Å²) in [6.45, 7) is 3.46. The van der Waals surface area contributed by atoms with Gasteiger partial charge in [-0.2, -0.15) is 0 Å². The number of hydrogen-bond acceptors (Lipinski definition) is 7. The second-order valence-corrected chi connectivity index (χ2v) is 9.66. The van der Waals surface area contributed by atoms with E-state index in [1.54, 1.807) is 29.1 Å². The number of fused-ring (bicyclic) bond motifs is 3. The number of nitrogens with one attached hydrogen (secondary N) is 1. The van der Waals surface area contributed by atoms with E-state index in [-0.39, 0.29) is 16.7 Å². The van der Waals surface area contributed by atoms with E-state index in [1.165, 1.54) is 16.6 Å². The molecular formula is C22H25N5O3S2. The van der Waals surface area contributed by atoms with Crippen LogP contribution in [0, 0.1) is 0 Å². The van der Waals surface area contributed by atoms with Gasteiger partial charge in [0.15, 0.2) is 5.16 Å². The van der Waals surface area contributed by atoms with E-state index in [0.29, 0.717) is 42.4 Å². The van der Waals surface area contributed by atoms with Crippen molar-refractivity contribution in [2.24, 2.45) is 0 Å². The molecule has 3 aromatic heterocycles. The van der Waals surface area contributed by atoms with Gasteiger partial charge in [0.2, 0.25) is 11.7 Å². The number of hydrogen-bond donors (Lipinski definition) is 1. The average molecular weight is 472 g/mol. The quantitative estimate of drug-likeness (QED) is 0.282. The monoisotopic (exact) mass is 471 g/mol. The third kappa shape index (κ3) is 4.72. The normalized spacial score (nSPS) is 12.4. The summed E-state index contributed by atoms with van der Waals surface area (Å²) in [5.74, 6) is 0.415. The lowest BCUT2D eigenvalue weighted by atomic mass is 10.2. The zero-order valence-electron chi connectivity index (χ0n) is 18.0. The first-order valence-electron chi connectivity index (χ1n) is 10.4. The molecule has 3 heterocycles. The molecule has 168 valence electrons. The van der Waals surface area contributed by atoms with Gasteiger partial charge in [0.05, 0.1) is 16.2 Å². The van der Waals surface area contributed by atoms with E-state index in [2.05, 4.69) is 21.6 Å². The van der Waals surface area contributed by atoms with Crippen molar-refractivity contribution in [2.75, 3.05) is 20.3 Å². The molecule has 8 nitrogen and oxygen atoms in total. The molecule has 4 aromatic rings. The number of rotatable bonds is 10. The molecule has 0 aliphatic rings. The zero-order valence-corrected chi connectivity index (χ0v) is 19.6. The Bertz CT molecular complexity index is 1270. The van der Waals surface area contributed by atoms with Gasteiger partial charge in [-0.15, -0.1) is 21.5 Å². The molecule has 0 radical (unpaired) electrons. The van der Waals surface area contributed by atoms with Crippen LogP contribution in [0.5, 0.6) is 0 Å². The Hall–Kier alpha value is -2.69. The number of para-hydroxylation sites is 1. The number of amides is 1. The maximum atomic E-state index is 13.1. The molecule has 0 fully saturated rings. The van der Waals surface area contributed by atoms with Gasteiger partial charge in [0.25, 0.3) is 5.56 Å². The first kappa shape index (κ1) is 22.5. The molecule has 1 atom stereocenters. The topological polar surface area (TPSA) is 90.5 Å². The van der Waals surface area contributed by atoms with Gasteiger partial charge in [-0.05, 0) is 43.3 Å². The summed E-state index contributed by atoms with van der Waals surface area (Å²) < 4.78 is 8.63. The number of nitrogens with zero attached hydrogens (tertiary/aromatic N) is 4. The van der Waals surface area contributed by atoms with Gasteiger partial charge in [-0.1, -0.05) is 30.0 Å². The molecule has 1 aromatic carbocycles. The highest BCUT2D eigenvalue weighted by molar-refractivity contribution is 8.00. The third-order valence-corrected chi connectivity index (χ3v) is 7.09. The number of thiophene rings is 1. The predicted octanol–water partition coefficient (Wildman–Crippen LogP) is 2.98. The van der Waals surface area contributed by atoms with Crippen LogP contribution in [0.1, 0.15) is 18.2 Å². The van der Waals surface area contributed by atoms with Crippen molar-refractivity contribution in [3.8, 4) is 0 Å². The largest absolute Gasteiger partial charge is 0.385 e. The first-order chi connectivity index (χ1) is 15.6. The first-order valence-corrected chi connectivity index (χ1v) is 12.2. The second kappa shape index (κ2) is 10.3. The number of aryl methyl sites for hydroxylation is 1. The van der Waals surface area contributed by atoms with E-state index >= 15 is 0 Å². The van der Waals surface area contributed by atoms with E-state index in [4.69, 9.17) is 4.74 Å². The fourth-order valence-corrected chi connectivity index (χ4v) is 5.09. The van der Waals surface area contributed by atoms with E-state index in [1.807, 2.05) is 41.0 Å². The van der Waals surface area contributed by atoms with Gasteiger partial charge in [-0.3, -0.25) is 18.6 Å². The minimum atomic E-state index is -0.363. The van der Waals surface area contributed by atoms with Crippen molar-refractivity contribution in [3.63, 3.8) is 0 Å². The summed E-state index contributed by atoms with van der Waals surface area (Å²) in [5, 5.41) is 14.5. The Balaban J connectivity index is 1.58. The minimum absolute atomic E-state index is 0.0546. The Morgan fingerprint density at radius 1 is 1.25 bits per heavy atom. The van der Waals surface area contributed by atoms with Crippen LogP contribution >= 0.6 is 23.1 Å². The van der Waals surface area contributed by atoms with Crippen LogP contribution in [-0.2, 0) is 22.5 Å². The Morgan fingerprint density at radius 3 is 2.88 bits per heavy atom. The fraction of sp³-hybridized carbons (Fsp3) is 0.364. The maximum absolute atomic E-state index is 13.1. The summed E-state index contributed by atoms with van der Waals surface area (Å²) in [6.07, 6.45) is 1.50. The van der Waals surface area contributed by atoms with Crippen molar-refractivity contribution in [1.82, 2.24) is 24.5 Å². The number of thioether (sulfide) groups is 1. The van der Waals surface area contributed by atoms with Crippen molar-refractivity contribution >= 4 is 45.7 Å². The molecular weight excluding hydrogens is 446 g/mol. The summed E-state index contributed by atoms with van der Waals surface area (Å²) in [5.41, 5.74) is 0.626. The minimum Gasteiger partial charge on any atom is -0.385 e. The average Bonchev–Trinajstić information content (AvgIpc) is 3.46. The van der Waals surface area contributed by atoms with Crippen molar-refractivity contribution in [1.29, 1.82) is 0 Å². The van der Waals surface area contributed by atoms with Crippen LogP contribution < -0.4 is 10.9 Å². The van der Waals surface area contributed by atoms with Crippen LogP contribution in [0.4, 0.5) is 0 Å². The zero-order chi connectivity index (χ0) is 22.5. The lowest BCUT2D eigenvalue weighted by Crippen LogP contribution is -2.32. The van der Waals surface area contributed by atoms with E-state index in [9.17, 15) is 9.59 Å². The van der Waals surface area contributed by atoms with Crippen LogP contribution in [-0.4, -0.2) is 50.6 Å². The van der Waals surface area contributed by atoms with Gasteiger partial charge >= 0.3 is 0 Å². The second-order valence-electron chi connectivity index (χ2n) is 7.32. The van der Waals surface area contributed by atoms with Crippen LogP contribution in [0.15, 0.2) is 51.7 Å². The van der Waals surface area contributed by atoms with Crippen molar-refractivity contribution in [2.45, 2.75) is 36.7 Å². The molecule has 10 heteroatoms. The van der Waals surface area contributed by atoms with Crippen LogP contribution in [0.2, 0.25) is 0 Å². The third-order valence-electron chi connectivity index (χ3n) is 5.11. The van der Waals surface area contributed by atoms with Gasteiger partial charge in [0, 0.05) is 31.7 Å². The Labute approximate surface area is 193 Å². The van der Waals surface area contributed by atoms with Gasteiger partial charge < -0.3 is 10.1 Å². The molecule has 0 saturated carbocycles. The Morgan fingerprint density at radius 2 is 2.09 bits per heavy atom. The number of benzene rings is 1. The SMILES string of the molecule is COCCCn1c(=O)c2ccccc2n2c(SC(C)C(=O)NCCc3cccs3)nnc12. The lowest BCUT2D eigenvalue weighted by molar-refractivity contribution is -0.120. The number of aromatic nitrogens is 4. The summed E-state index contributed by atoms with van der Waals surface area (Å²) in [6, 6.07) is 11.5. The summed E-state index contributed by atoms with van der Waals surface area (Å²) in [7, 11) is 1.64. The smallest absolute Gasteiger partial charge is 0.262 e. The highest BCUT2D eigenvalue weighted by Crippen LogP contribution is 2.25. The predicted molar refractivity (Wildman–Crippen MR) is 128 cm³/mol. The van der Waals surface area contributed by atoms with E-state index in [0.717, 1.165) is 11.9 Å². The molecule has 1 amide bonds. The maximum Gasteiger partial charge on any atom is 0.262 e. The number of carbonyl (C=O) groups is 1. The van der Waals surface area contributed by atoms with Crippen LogP contribution in [0.3, 0.4) is 0 Å². The lowest BCUT2D eigenvalue weighted by Gasteiger charge is -2.13. The molecule has 1 N–H and O–H groups in total. The molecule has 0 saturated heterocycles. The molecule has 32 heavy (non-hydrogen) atoms. The molecule has 0 bridgehead atoms. The van der Waals surface area contributed by atoms with Crippen molar-refractivity contribution < 1.29 is 9.53 Å². The molecule has 0 aliphatic carbocycles. The number of ether oxygens (including phenoxy) is 1. The number of carbonyl (C=O) groups excluding carboxylic acids is 1.